The summed E-state index contributed by atoms with van der Waals surface area (Å²) in [6.07, 6.45) is 3.42. The molecule has 1 amide bonds. The van der Waals surface area contributed by atoms with E-state index in [4.69, 9.17) is 11.6 Å². The van der Waals surface area contributed by atoms with Gasteiger partial charge in [-0.05, 0) is 44.6 Å². The zero-order valence-corrected chi connectivity index (χ0v) is 12.9. The van der Waals surface area contributed by atoms with Crippen molar-refractivity contribution in [2.24, 2.45) is 0 Å². The Balaban J connectivity index is 1.93. The van der Waals surface area contributed by atoms with E-state index in [0.29, 0.717) is 18.3 Å². The maximum absolute atomic E-state index is 13.0. The third-order valence-electron chi connectivity index (χ3n) is 3.74. The Bertz CT molecular complexity index is 496. The smallest absolute Gasteiger partial charge is 0.238 e. The number of amides is 1. The molecular weight excluding hydrogens is 293 g/mol. The SMILES string of the molecule is CNCC1CCCCN1CC(=O)Nc1ccc(F)cc1Cl. The fraction of sp³-hybridized carbons (Fsp3) is 0.533. The van der Waals surface area contributed by atoms with Crippen LogP contribution in [0.4, 0.5) is 10.1 Å². The molecule has 0 aromatic heterocycles. The van der Waals surface area contributed by atoms with Crippen molar-refractivity contribution < 1.29 is 9.18 Å². The molecule has 2 rings (SSSR count). The van der Waals surface area contributed by atoms with Crippen LogP contribution in [0.3, 0.4) is 0 Å². The van der Waals surface area contributed by atoms with Crippen LogP contribution in [0.25, 0.3) is 0 Å². The van der Waals surface area contributed by atoms with Gasteiger partial charge >= 0.3 is 0 Å². The van der Waals surface area contributed by atoms with Gasteiger partial charge in [-0.25, -0.2) is 4.39 Å². The summed E-state index contributed by atoms with van der Waals surface area (Å²) < 4.78 is 13.0. The normalized spacial score (nSPS) is 19.5. The Morgan fingerprint density at radius 1 is 1.48 bits per heavy atom. The number of likely N-dealkylation sites (N-methyl/N-ethyl adjacent to an activating group) is 1. The molecule has 0 saturated carbocycles. The van der Waals surface area contributed by atoms with Gasteiger partial charge in [0.15, 0.2) is 0 Å². The Morgan fingerprint density at radius 2 is 2.29 bits per heavy atom. The van der Waals surface area contributed by atoms with Crippen LogP contribution in [0.2, 0.25) is 5.02 Å². The van der Waals surface area contributed by atoms with Crippen LogP contribution in [0.15, 0.2) is 18.2 Å². The van der Waals surface area contributed by atoms with Crippen molar-refractivity contribution in [3.05, 3.63) is 29.0 Å². The molecule has 1 aromatic rings. The maximum atomic E-state index is 13.0. The molecule has 1 aliphatic heterocycles. The topological polar surface area (TPSA) is 44.4 Å². The molecule has 116 valence electrons. The first-order valence-corrected chi connectivity index (χ1v) is 7.61. The van der Waals surface area contributed by atoms with Crippen molar-refractivity contribution in [2.75, 3.05) is 32.0 Å². The largest absolute Gasteiger partial charge is 0.324 e. The standard InChI is InChI=1S/C15H21ClFN3O/c1-18-9-12-4-2-3-7-20(12)10-15(21)19-14-6-5-11(17)8-13(14)16/h5-6,8,12,18H,2-4,7,9-10H2,1H3,(H,19,21). The third kappa shape index (κ3) is 4.66. The molecule has 0 spiro atoms. The first-order valence-electron chi connectivity index (χ1n) is 7.23. The van der Waals surface area contributed by atoms with Gasteiger partial charge in [0.1, 0.15) is 5.82 Å². The average Bonchev–Trinajstić information content (AvgIpc) is 2.44. The van der Waals surface area contributed by atoms with E-state index in [2.05, 4.69) is 15.5 Å². The highest BCUT2D eigenvalue weighted by Gasteiger charge is 2.23. The Kier molecular flexibility index (Phi) is 5.96. The molecular formula is C15H21ClFN3O. The van der Waals surface area contributed by atoms with Gasteiger partial charge in [0.2, 0.25) is 5.91 Å². The molecule has 1 aliphatic rings. The van der Waals surface area contributed by atoms with E-state index < -0.39 is 5.82 Å². The van der Waals surface area contributed by atoms with Gasteiger partial charge < -0.3 is 10.6 Å². The number of carbonyl (C=O) groups excluding carboxylic acids is 1. The number of piperidine rings is 1. The van der Waals surface area contributed by atoms with Crippen molar-refractivity contribution in [3.63, 3.8) is 0 Å². The zero-order valence-electron chi connectivity index (χ0n) is 12.2. The molecule has 1 heterocycles. The minimum Gasteiger partial charge on any atom is -0.324 e. The van der Waals surface area contributed by atoms with Crippen LogP contribution in [0, 0.1) is 5.82 Å². The highest BCUT2D eigenvalue weighted by Crippen LogP contribution is 2.22. The maximum Gasteiger partial charge on any atom is 0.238 e. The summed E-state index contributed by atoms with van der Waals surface area (Å²) in [4.78, 5) is 14.3. The minimum atomic E-state index is -0.414. The van der Waals surface area contributed by atoms with Gasteiger partial charge in [-0.3, -0.25) is 9.69 Å². The molecule has 4 nitrogen and oxygen atoms in total. The fourth-order valence-corrected chi connectivity index (χ4v) is 2.91. The highest BCUT2D eigenvalue weighted by atomic mass is 35.5. The Hall–Kier alpha value is -1.17. The second-order valence-corrected chi connectivity index (χ2v) is 5.76. The molecule has 1 aromatic carbocycles. The van der Waals surface area contributed by atoms with Crippen LogP contribution in [-0.4, -0.2) is 43.5 Å². The van der Waals surface area contributed by atoms with Crippen LogP contribution in [-0.2, 0) is 4.79 Å². The molecule has 1 saturated heterocycles. The number of rotatable bonds is 5. The van der Waals surface area contributed by atoms with Crippen molar-refractivity contribution in [1.82, 2.24) is 10.2 Å². The summed E-state index contributed by atoms with van der Waals surface area (Å²) in [6, 6.07) is 4.35. The molecule has 1 unspecified atom stereocenters. The van der Waals surface area contributed by atoms with Gasteiger partial charge in [0.25, 0.3) is 0 Å². The summed E-state index contributed by atoms with van der Waals surface area (Å²) in [5, 5.41) is 6.13. The second-order valence-electron chi connectivity index (χ2n) is 5.35. The van der Waals surface area contributed by atoms with Crippen molar-refractivity contribution in [2.45, 2.75) is 25.3 Å². The number of benzene rings is 1. The molecule has 21 heavy (non-hydrogen) atoms. The van der Waals surface area contributed by atoms with Crippen LogP contribution in [0.1, 0.15) is 19.3 Å². The number of nitrogens with one attached hydrogen (secondary N) is 2. The number of anilines is 1. The zero-order chi connectivity index (χ0) is 15.2. The summed E-state index contributed by atoms with van der Waals surface area (Å²) in [6.45, 7) is 2.14. The van der Waals surface area contributed by atoms with E-state index >= 15 is 0 Å². The molecule has 0 bridgehead atoms. The number of hydrogen-bond donors (Lipinski definition) is 2. The first-order chi connectivity index (χ1) is 10.1. The second kappa shape index (κ2) is 7.73. The van der Waals surface area contributed by atoms with Gasteiger partial charge in [0, 0.05) is 12.6 Å². The lowest BCUT2D eigenvalue weighted by atomic mass is 10.0. The summed E-state index contributed by atoms with van der Waals surface area (Å²) in [7, 11) is 1.92. The predicted octanol–water partition coefficient (Wildman–Crippen LogP) is 2.49. The molecule has 0 aliphatic carbocycles. The van der Waals surface area contributed by atoms with E-state index in [0.717, 1.165) is 25.9 Å². The molecule has 1 atom stereocenters. The lowest BCUT2D eigenvalue weighted by Gasteiger charge is -2.35. The van der Waals surface area contributed by atoms with E-state index in [1.807, 2.05) is 7.05 Å². The summed E-state index contributed by atoms with van der Waals surface area (Å²) in [5.41, 5.74) is 0.449. The lowest BCUT2D eigenvalue weighted by molar-refractivity contribution is -0.118. The lowest BCUT2D eigenvalue weighted by Crippen LogP contribution is -2.47. The quantitative estimate of drug-likeness (QED) is 0.878. The number of likely N-dealkylation sites (tertiary alicyclic amines) is 1. The van der Waals surface area contributed by atoms with Gasteiger partial charge in [-0.15, -0.1) is 0 Å². The minimum absolute atomic E-state index is 0.119. The summed E-state index contributed by atoms with van der Waals surface area (Å²) >= 11 is 5.92. The monoisotopic (exact) mass is 313 g/mol. The van der Waals surface area contributed by atoms with Crippen molar-refractivity contribution in [1.29, 1.82) is 0 Å². The average molecular weight is 314 g/mol. The van der Waals surface area contributed by atoms with Gasteiger partial charge in [-0.1, -0.05) is 18.0 Å². The van der Waals surface area contributed by atoms with Crippen molar-refractivity contribution >= 4 is 23.2 Å². The van der Waals surface area contributed by atoms with Crippen molar-refractivity contribution in [3.8, 4) is 0 Å². The van der Waals surface area contributed by atoms with E-state index in [1.54, 1.807) is 0 Å². The highest BCUT2D eigenvalue weighted by molar-refractivity contribution is 6.33. The first kappa shape index (κ1) is 16.2. The van der Waals surface area contributed by atoms with Gasteiger partial charge in [-0.2, -0.15) is 0 Å². The van der Waals surface area contributed by atoms with Crippen LogP contribution in [0.5, 0.6) is 0 Å². The molecule has 1 fully saturated rings. The van der Waals surface area contributed by atoms with Crippen LogP contribution >= 0.6 is 11.6 Å². The Labute approximate surface area is 129 Å². The Morgan fingerprint density at radius 3 is 3.00 bits per heavy atom. The van der Waals surface area contributed by atoms with E-state index in [9.17, 15) is 9.18 Å². The predicted molar refractivity (Wildman–Crippen MR) is 83.2 cm³/mol. The molecule has 2 N–H and O–H groups in total. The number of hydrogen-bond acceptors (Lipinski definition) is 3. The molecule has 6 heteroatoms. The van der Waals surface area contributed by atoms with Gasteiger partial charge in [0.05, 0.1) is 17.3 Å². The number of carbonyl (C=O) groups is 1. The summed E-state index contributed by atoms with van der Waals surface area (Å²) in [5.74, 6) is -0.533. The fourth-order valence-electron chi connectivity index (χ4n) is 2.70. The number of nitrogens with zero attached hydrogens (tertiary/aromatic N) is 1. The van der Waals surface area contributed by atoms with E-state index in [-0.39, 0.29) is 10.9 Å². The third-order valence-corrected chi connectivity index (χ3v) is 4.05. The van der Waals surface area contributed by atoms with E-state index in [1.165, 1.54) is 24.6 Å². The molecule has 0 radical (unpaired) electrons. The van der Waals surface area contributed by atoms with Crippen LogP contribution < -0.4 is 10.6 Å². The number of halogens is 2.